The maximum Gasteiger partial charge on any atom is -0.0221 e. The Balaban J connectivity index is 3.72. The predicted octanol–water partition coefficient (Wildman–Crippen LogP) is 3.15. The van der Waals surface area contributed by atoms with Gasteiger partial charge < -0.3 is 0 Å². The molecule has 0 amide bonds. The Hall–Kier alpha value is -0.480. The SMILES string of the molecule is C=C=C(CC)CC(C)C. The molecule has 0 rings (SSSR count). The average molecular weight is 124 g/mol. The molecule has 0 heteroatoms. The summed E-state index contributed by atoms with van der Waals surface area (Å²) in [6.45, 7) is 10.2. The minimum atomic E-state index is 0.745. The maximum atomic E-state index is 3.62. The van der Waals surface area contributed by atoms with Gasteiger partial charge >= 0.3 is 0 Å². The molecule has 0 N–H and O–H groups in total. The van der Waals surface area contributed by atoms with Gasteiger partial charge in [0.1, 0.15) is 0 Å². The quantitative estimate of drug-likeness (QED) is 0.507. The summed E-state index contributed by atoms with van der Waals surface area (Å²) < 4.78 is 0. The molecular formula is C9H16. The molecule has 0 unspecified atom stereocenters. The monoisotopic (exact) mass is 124 g/mol. The molecule has 0 spiro atoms. The van der Waals surface area contributed by atoms with E-state index in [2.05, 4.69) is 33.1 Å². The van der Waals surface area contributed by atoms with Gasteiger partial charge in [0.05, 0.1) is 0 Å². The van der Waals surface area contributed by atoms with Crippen molar-refractivity contribution in [1.29, 1.82) is 0 Å². The van der Waals surface area contributed by atoms with Gasteiger partial charge in [-0.1, -0.05) is 27.4 Å². The average Bonchev–Trinajstić information content (AvgIpc) is 1.82. The van der Waals surface area contributed by atoms with Gasteiger partial charge in [-0.25, -0.2) is 0 Å². The number of allylic oxidation sites excluding steroid dienone is 1. The van der Waals surface area contributed by atoms with Crippen molar-refractivity contribution in [3.8, 4) is 0 Å². The van der Waals surface area contributed by atoms with Gasteiger partial charge in [0.25, 0.3) is 0 Å². The highest BCUT2D eigenvalue weighted by atomic mass is 14.0. The molecule has 0 aromatic heterocycles. The van der Waals surface area contributed by atoms with Crippen LogP contribution in [0, 0.1) is 5.92 Å². The molecule has 52 valence electrons. The van der Waals surface area contributed by atoms with E-state index in [1.807, 2.05) is 0 Å². The van der Waals surface area contributed by atoms with Crippen LogP contribution < -0.4 is 0 Å². The summed E-state index contributed by atoms with van der Waals surface area (Å²) in [5.41, 5.74) is 4.30. The van der Waals surface area contributed by atoms with Crippen molar-refractivity contribution in [2.45, 2.75) is 33.6 Å². The van der Waals surface area contributed by atoms with Crippen molar-refractivity contribution in [1.82, 2.24) is 0 Å². The van der Waals surface area contributed by atoms with Crippen molar-refractivity contribution in [2.75, 3.05) is 0 Å². The largest absolute Gasteiger partial charge is 0.130 e. The second-order valence-electron chi connectivity index (χ2n) is 2.73. The summed E-state index contributed by atoms with van der Waals surface area (Å²) in [6.07, 6.45) is 2.25. The Morgan fingerprint density at radius 1 is 1.56 bits per heavy atom. The molecule has 0 nitrogen and oxygen atoms in total. The molecule has 0 aromatic rings. The first-order valence-corrected chi connectivity index (χ1v) is 3.58. The third-order valence-corrected chi connectivity index (χ3v) is 1.33. The van der Waals surface area contributed by atoms with Crippen LogP contribution in [0.2, 0.25) is 0 Å². The third-order valence-electron chi connectivity index (χ3n) is 1.33. The standard InChI is InChI=1S/C9H16/c1-5-9(6-2)7-8(3)4/h8H,1,6-7H2,2-4H3. The van der Waals surface area contributed by atoms with Gasteiger partial charge in [0.2, 0.25) is 0 Å². The topological polar surface area (TPSA) is 0 Å². The van der Waals surface area contributed by atoms with E-state index in [1.54, 1.807) is 0 Å². The Kier molecular flexibility index (Phi) is 4.17. The van der Waals surface area contributed by atoms with Gasteiger partial charge in [-0.15, -0.1) is 5.73 Å². The highest BCUT2D eigenvalue weighted by Gasteiger charge is 1.95. The fourth-order valence-electron chi connectivity index (χ4n) is 0.834. The van der Waals surface area contributed by atoms with Crippen LogP contribution in [-0.4, -0.2) is 0 Å². The van der Waals surface area contributed by atoms with Crippen molar-refractivity contribution in [2.24, 2.45) is 5.92 Å². The van der Waals surface area contributed by atoms with Gasteiger partial charge in [0, 0.05) is 0 Å². The van der Waals surface area contributed by atoms with Crippen molar-refractivity contribution in [3.63, 3.8) is 0 Å². The minimum Gasteiger partial charge on any atom is -0.130 e. The Labute approximate surface area is 58.3 Å². The summed E-state index contributed by atoms with van der Waals surface area (Å²) in [5.74, 6) is 0.745. The molecule has 0 radical (unpaired) electrons. The highest BCUT2D eigenvalue weighted by Crippen LogP contribution is 2.11. The van der Waals surface area contributed by atoms with Crippen LogP contribution in [0.4, 0.5) is 0 Å². The lowest BCUT2D eigenvalue weighted by Crippen LogP contribution is -1.88. The third kappa shape index (κ3) is 4.05. The van der Waals surface area contributed by atoms with E-state index in [0.717, 1.165) is 18.8 Å². The summed E-state index contributed by atoms with van der Waals surface area (Å²) in [6, 6.07) is 0. The number of hydrogen-bond acceptors (Lipinski definition) is 0. The van der Waals surface area contributed by atoms with E-state index >= 15 is 0 Å². The summed E-state index contributed by atoms with van der Waals surface area (Å²) in [4.78, 5) is 0. The molecule has 0 saturated carbocycles. The lowest BCUT2D eigenvalue weighted by Gasteiger charge is -2.03. The molecule has 9 heavy (non-hydrogen) atoms. The molecule has 0 aromatic carbocycles. The first kappa shape index (κ1) is 8.52. The van der Waals surface area contributed by atoms with Crippen molar-refractivity contribution >= 4 is 0 Å². The van der Waals surface area contributed by atoms with E-state index < -0.39 is 0 Å². The normalized spacial score (nSPS) is 9.33. The van der Waals surface area contributed by atoms with Crippen LogP contribution in [0.15, 0.2) is 17.9 Å². The Bertz CT molecular complexity index is 114. The highest BCUT2D eigenvalue weighted by molar-refractivity contribution is 4.98. The molecule has 0 saturated heterocycles. The summed E-state index contributed by atoms with van der Waals surface area (Å²) in [7, 11) is 0. The fraction of sp³-hybridized carbons (Fsp3) is 0.667. The van der Waals surface area contributed by atoms with Crippen molar-refractivity contribution in [3.05, 3.63) is 17.9 Å². The maximum absolute atomic E-state index is 3.62. The molecule has 0 aliphatic rings. The van der Waals surface area contributed by atoms with E-state index in [4.69, 9.17) is 0 Å². The van der Waals surface area contributed by atoms with Gasteiger partial charge in [-0.05, 0) is 24.3 Å². The van der Waals surface area contributed by atoms with Crippen LogP contribution in [0.25, 0.3) is 0 Å². The van der Waals surface area contributed by atoms with Gasteiger partial charge in [-0.3, -0.25) is 0 Å². The second kappa shape index (κ2) is 4.40. The van der Waals surface area contributed by atoms with E-state index in [-0.39, 0.29) is 0 Å². The van der Waals surface area contributed by atoms with E-state index in [9.17, 15) is 0 Å². The lowest BCUT2D eigenvalue weighted by atomic mass is 10.0. The molecule has 0 aliphatic heterocycles. The fourth-order valence-corrected chi connectivity index (χ4v) is 0.834. The zero-order chi connectivity index (χ0) is 7.28. The molecule has 0 heterocycles. The minimum absolute atomic E-state index is 0.745. The summed E-state index contributed by atoms with van der Waals surface area (Å²) in [5, 5.41) is 0. The Morgan fingerprint density at radius 3 is 2.22 bits per heavy atom. The number of rotatable bonds is 3. The Morgan fingerprint density at radius 2 is 2.11 bits per heavy atom. The van der Waals surface area contributed by atoms with Crippen LogP contribution in [-0.2, 0) is 0 Å². The molecule has 0 fully saturated rings. The summed E-state index contributed by atoms with van der Waals surface area (Å²) >= 11 is 0. The predicted molar refractivity (Wildman–Crippen MR) is 42.4 cm³/mol. The molecule has 0 aliphatic carbocycles. The number of hydrogen-bond donors (Lipinski definition) is 0. The van der Waals surface area contributed by atoms with Crippen LogP contribution >= 0.6 is 0 Å². The lowest BCUT2D eigenvalue weighted by molar-refractivity contribution is 0.631. The van der Waals surface area contributed by atoms with Crippen LogP contribution in [0.1, 0.15) is 33.6 Å². The van der Waals surface area contributed by atoms with Gasteiger partial charge in [-0.2, -0.15) is 0 Å². The van der Waals surface area contributed by atoms with Crippen molar-refractivity contribution < 1.29 is 0 Å². The van der Waals surface area contributed by atoms with E-state index in [0.29, 0.717) is 0 Å². The zero-order valence-corrected chi connectivity index (χ0v) is 6.70. The smallest absolute Gasteiger partial charge is 0.0221 e. The molecule has 0 bridgehead atoms. The van der Waals surface area contributed by atoms with E-state index in [1.165, 1.54) is 5.57 Å². The first-order valence-electron chi connectivity index (χ1n) is 3.58. The second-order valence-corrected chi connectivity index (χ2v) is 2.73. The molecular weight excluding hydrogens is 108 g/mol. The van der Waals surface area contributed by atoms with Gasteiger partial charge in [0.15, 0.2) is 0 Å². The van der Waals surface area contributed by atoms with Crippen LogP contribution in [0.3, 0.4) is 0 Å². The zero-order valence-electron chi connectivity index (χ0n) is 6.70. The van der Waals surface area contributed by atoms with Crippen LogP contribution in [0.5, 0.6) is 0 Å². The molecule has 0 atom stereocenters. The first-order chi connectivity index (χ1) is 4.20.